The number of carbonyl (C=O) groups excluding carboxylic acids is 1. The highest BCUT2D eigenvalue weighted by Gasteiger charge is 2.34. The zero-order valence-corrected chi connectivity index (χ0v) is 9.62. The van der Waals surface area contributed by atoms with Crippen LogP contribution >= 0.6 is 12.6 Å². The smallest absolute Gasteiger partial charge is 0.276 e. The van der Waals surface area contributed by atoms with Crippen molar-refractivity contribution in [1.29, 1.82) is 0 Å². The van der Waals surface area contributed by atoms with Crippen molar-refractivity contribution in [2.75, 3.05) is 0 Å². The van der Waals surface area contributed by atoms with Crippen LogP contribution in [-0.4, -0.2) is 10.0 Å². The Morgan fingerprint density at radius 1 is 1.50 bits per heavy atom. The van der Waals surface area contributed by atoms with Crippen LogP contribution in [0.4, 0.5) is 10.1 Å². The fourth-order valence-electron chi connectivity index (χ4n) is 1.30. The van der Waals surface area contributed by atoms with E-state index in [9.17, 15) is 19.3 Å². The van der Waals surface area contributed by atoms with Gasteiger partial charge in [-0.25, -0.2) is 4.39 Å². The third-order valence-corrected chi connectivity index (χ3v) is 2.92. The second kappa shape index (κ2) is 4.21. The standard InChI is InChI=1S/C10H10FNO3S/c1-10(2,9(13)16)7-4-3-6(11)5-8(7)12(14)15/h3-5H,1-2H3,(H,13,16). The molecule has 6 heteroatoms. The van der Waals surface area contributed by atoms with Gasteiger partial charge in [-0.2, -0.15) is 0 Å². The van der Waals surface area contributed by atoms with Crippen molar-refractivity contribution in [2.24, 2.45) is 0 Å². The van der Waals surface area contributed by atoms with E-state index in [4.69, 9.17) is 0 Å². The maximum atomic E-state index is 12.9. The molecule has 0 aliphatic carbocycles. The minimum absolute atomic E-state index is 0.152. The molecule has 86 valence electrons. The summed E-state index contributed by atoms with van der Waals surface area (Å²) in [6.45, 7) is 3.01. The third-order valence-electron chi connectivity index (χ3n) is 2.36. The van der Waals surface area contributed by atoms with Gasteiger partial charge >= 0.3 is 0 Å². The van der Waals surface area contributed by atoms with Crippen LogP contribution in [0.25, 0.3) is 0 Å². The van der Waals surface area contributed by atoms with Crippen molar-refractivity contribution >= 4 is 23.4 Å². The molecular formula is C10H10FNO3S. The lowest BCUT2D eigenvalue weighted by Gasteiger charge is -2.20. The molecular weight excluding hydrogens is 233 g/mol. The summed E-state index contributed by atoms with van der Waals surface area (Å²) >= 11 is 3.68. The van der Waals surface area contributed by atoms with E-state index >= 15 is 0 Å². The molecule has 1 aromatic carbocycles. The molecule has 0 spiro atoms. The lowest BCUT2D eigenvalue weighted by atomic mass is 9.85. The molecule has 1 rings (SSSR count). The number of hydrogen-bond donors (Lipinski definition) is 1. The molecule has 0 heterocycles. The molecule has 0 atom stereocenters. The number of rotatable bonds is 3. The van der Waals surface area contributed by atoms with Crippen molar-refractivity contribution in [2.45, 2.75) is 19.3 Å². The Bertz CT molecular complexity index is 459. The Hall–Kier alpha value is -1.43. The fourth-order valence-corrected chi connectivity index (χ4v) is 1.42. The first-order valence-corrected chi connectivity index (χ1v) is 4.89. The Morgan fingerprint density at radius 3 is 2.50 bits per heavy atom. The van der Waals surface area contributed by atoms with Gasteiger partial charge < -0.3 is 0 Å². The molecule has 16 heavy (non-hydrogen) atoms. The van der Waals surface area contributed by atoms with Crippen LogP contribution in [0.3, 0.4) is 0 Å². The van der Waals surface area contributed by atoms with Crippen molar-refractivity contribution in [1.82, 2.24) is 0 Å². The quantitative estimate of drug-likeness (QED) is 0.504. The van der Waals surface area contributed by atoms with Gasteiger partial charge in [-0.05, 0) is 26.0 Å². The van der Waals surface area contributed by atoms with Crippen molar-refractivity contribution in [3.05, 3.63) is 39.7 Å². The second-order valence-corrected chi connectivity index (χ2v) is 4.25. The van der Waals surface area contributed by atoms with Gasteiger partial charge in [0.25, 0.3) is 5.69 Å². The van der Waals surface area contributed by atoms with Gasteiger partial charge in [0.15, 0.2) is 5.12 Å². The monoisotopic (exact) mass is 243 g/mol. The SMILES string of the molecule is CC(C)(C(=O)S)c1ccc(F)cc1[N+](=O)[O-]. The Balaban J connectivity index is 3.45. The first-order valence-electron chi connectivity index (χ1n) is 4.44. The zero-order chi connectivity index (χ0) is 12.5. The number of halogens is 1. The molecule has 0 amide bonds. The Morgan fingerprint density at radius 2 is 2.06 bits per heavy atom. The highest BCUT2D eigenvalue weighted by atomic mass is 32.1. The molecule has 0 N–H and O–H groups in total. The molecule has 0 fully saturated rings. The van der Waals surface area contributed by atoms with E-state index in [-0.39, 0.29) is 5.56 Å². The van der Waals surface area contributed by atoms with E-state index in [0.29, 0.717) is 0 Å². The number of thiol groups is 1. The molecule has 0 aromatic heterocycles. The number of nitro groups is 1. The largest absolute Gasteiger partial charge is 0.286 e. The van der Waals surface area contributed by atoms with Crippen LogP contribution in [0.5, 0.6) is 0 Å². The topological polar surface area (TPSA) is 60.2 Å². The minimum atomic E-state index is -1.13. The van der Waals surface area contributed by atoms with Gasteiger partial charge in [0.1, 0.15) is 5.82 Å². The van der Waals surface area contributed by atoms with Crippen molar-refractivity contribution in [3.63, 3.8) is 0 Å². The minimum Gasteiger partial charge on any atom is -0.286 e. The van der Waals surface area contributed by atoms with E-state index in [0.717, 1.165) is 12.1 Å². The van der Waals surface area contributed by atoms with E-state index in [1.807, 2.05) is 0 Å². The molecule has 0 saturated heterocycles. The van der Waals surface area contributed by atoms with Gasteiger partial charge in [-0.3, -0.25) is 14.9 Å². The molecule has 0 aliphatic heterocycles. The van der Waals surface area contributed by atoms with E-state index in [1.54, 1.807) is 0 Å². The number of benzene rings is 1. The number of hydrogen-bond acceptors (Lipinski definition) is 3. The predicted octanol–water partition coefficient (Wildman–Crippen LogP) is 2.47. The van der Waals surface area contributed by atoms with Crippen LogP contribution in [0.2, 0.25) is 0 Å². The molecule has 0 unspecified atom stereocenters. The van der Waals surface area contributed by atoms with Crippen LogP contribution in [0.1, 0.15) is 19.4 Å². The number of carbonyl (C=O) groups is 1. The number of nitro benzene ring substituents is 1. The van der Waals surface area contributed by atoms with Crippen LogP contribution < -0.4 is 0 Å². The maximum absolute atomic E-state index is 12.9. The highest BCUT2D eigenvalue weighted by Crippen LogP contribution is 2.33. The molecule has 0 radical (unpaired) electrons. The zero-order valence-electron chi connectivity index (χ0n) is 8.73. The summed E-state index contributed by atoms with van der Waals surface area (Å²) in [5.41, 5.74) is -1.38. The van der Waals surface area contributed by atoms with E-state index in [2.05, 4.69) is 12.6 Å². The molecule has 4 nitrogen and oxygen atoms in total. The van der Waals surface area contributed by atoms with Crippen LogP contribution in [-0.2, 0) is 10.2 Å². The molecule has 0 saturated carbocycles. The van der Waals surface area contributed by atoms with Gasteiger partial charge in [-0.15, -0.1) is 12.6 Å². The fraction of sp³-hybridized carbons (Fsp3) is 0.300. The van der Waals surface area contributed by atoms with Gasteiger partial charge in [0.05, 0.1) is 16.4 Å². The second-order valence-electron chi connectivity index (χ2n) is 3.85. The third kappa shape index (κ3) is 2.21. The van der Waals surface area contributed by atoms with Crippen LogP contribution in [0, 0.1) is 15.9 Å². The molecule has 0 bridgehead atoms. The summed E-state index contributed by atoms with van der Waals surface area (Å²) in [7, 11) is 0. The summed E-state index contributed by atoms with van der Waals surface area (Å²) in [6, 6.07) is 3.12. The van der Waals surface area contributed by atoms with Crippen LogP contribution in [0.15, 0.2) is 18.2 Å². The summed E-state index contributed by atoms with van der Waals surface area (Å²) < 4.78 is 12.9. The highest BCUT2D eigenvalue weighted by molar-refractivity contribution is 7.96. The molecule has 1 aromatic rings. The summed E-state index contributed by atoms with van der Waals surface area (Å²) in [5.74, 6) is -0.710. The van der Waals surface area contributed by atoms with Gasteiger partial charge in [0, 0.05) is 5.56 Å². The first-order chi connectivity index (χ1) is 7.26. The van der Waals surface area contributed by atoms with Gasteiger partial charge in [0.2, 0.25) is 0 Å². The number of nitrogens with zero attached hydrogens (tertiary/aromatic N) is 1. The normalized spacial score (nSPS) is 11.2. The summed E-state index contributed by atoms with van der Waals surface area (Å²) in [4.78, 5) is 21.3. The first kappa shape index (κ1) is 12.6. The molecule has 0 aliphatic rings. The summed E-state index contributed by atoms with van der Waals surface area (Å²) in [6.07, 6.45) is 0. The lowest BCUT2D eigenvalue weighted by molar-refractivity contribution is -0.386. The van der Waals surface area contributed by atoms with E-state index < -0.39 is 27.0 Å². The Kier molecular flexibility index (Phi) is 3.32. The summed E-state index contributed by atoms with van der Waals surface area (Å²) in [5, 5.41) is 10.2. The van der Waals surface area contributed by atoms with E-state index in [1.165, 1.54) is 19.9 Å². The predicted molar refractivity (Wildman–Crippen MR) is 60.1 cm³/mol. The van der Waals surface area contributed by atoms with Gasteiger partial charge in [-0.1, -0.05) is 0 Å². The van der Waals surface area contributed by atoms with Crippen molar-refractivity contribution in [3.8, 4) is 0 Å². The maximum Gasteiger partial charge on any atom is 0.276 e. The average molecular weight is 243 g/mol. The Labute approximate surface area is 97.0 Å². The lowest BCUT2D eigenvalue weighted by Crippen LogP contribution is -2.26. The van der Waals surface area contributed by atoms with Crippen molar-refractivity contribution < 1.29 is 14.1 Å². The average Bonchev–Trinajstić information content (AvgIpc) is 2.16.